The van der Waals surface area contributed by atoms with Crippen molar-refractivity contribution in [1.82, 2.24) is 9.80 Å². The summed E-state index contributed by atoms with van der Waals surface area (Å²) < 4.78 is 5.88. The molecule has 0 aliphatic carbocycles. The van der Waals surface area contributed by atoms with Gasteiger partial charge in [-0.25, -0.2) is 0 Å². The summed E-state index contributed by atoms with van der Waals surface area (Å²) in [6, 6.07) is 32.4. The van der Waals surface area contributed by atoms with E-state index in [4.69, 9.17) is 4.74 Å². The lowest BCUT2D eigenvalue weighted by Crippen LogP contribution is -2.51. The highest BCUT2D eigenvalue weighted by atomic mass is 16.6. The summed E-state index contributed by atoms with van der Waals surface area (Å²) in [6.07, 6.45) is 2.59. The molecule has 0 N–H and O–H groups in total. The second kappa shape index (κ2) is 12.5. The Hall–Kier alpha value is -2.95. The van der Waals surface area contributed by atoms with Gasteiger partial charge in [0.2, 0.25) is 0 Å². The van der Waals surface area contributed by atoms with Crippen LogP contribution in [0.3, 0.4) is 0 Å². The molecule has 3 atom stereocenters. The van der Waals surface area contributed by atoms with Crippen molar-refractivity contribution in [3.8, 4) is 0 Å². The molecule has 37 heavy (non-hydrogen) atoms. The van der Waals surface area contributed by atoms with Crippen LogP contribution in [0.15, 0.2) is 91.0 Å². The number of carbonyl (C=O) groups is 1. The molecule has 4 heteroatoms. The van der Waals surface area contributed by atoms with Gasteiger partial charge in [0.1, 0.15) is 5.60 Å². The van der Waals surface area contributed by atoms with Crippen molar-refractivity contribution in [2.75, 3.05) is 6.54 Å². The van der Waals surface area contributed by atoms with Gasteiger partial charge in [-0.05, 0) is 63.8 Å². The molecular formula is C33H42N2O2. The molecule has 4 rings (SSSR count). The van der Waals surface area contributed by atoms with E-state index < -0.39 is 5.60 Å². The lowest BCUT2D eigenvalue weighted by molar-refractivity contribution is -0.157. The second-order valence-electron chi connectivity index (χ2n) is 11.3. The van der Waals surface area contributed by atoms with Crippen LogP contribution in [0.1, 0.15) is 69.7 Å². The largest absolute Gasteiger partial charge is 0.460 e. The SMILES string of the molecule is C[C@H](c1ccccc1)N(Cc1ccccc1)[C@@H](CC(=O)OC(C)(C)C)[C@H]1CCCN1Cc1ccccc1. The van der Waals surface area contributed by atoms with Gasteiger partial charge in [0.25, 0.3) is 0 Å². The highest BCUT2D eigenvalue weighted by molar-refractivity contribution is 5.70. The summed E-state index contributed by atoms with van der Waals surface area (Å²) >= 11 is 0. The van der Waals surface area contributed by atoms with Gasteiger partial charge in [0.15, 0.2) is 0 Å². The van der Waals surface area contributed by atoms with E-state index in [9.17, 15) is 4.79 Å². The zero-order chi connectivity index (χ0) is 26.3. The van der Waals surface area contributed by atoms with Crippen LogP contribution in [0, 0.1) is 0 Å². The fraction of sp³-hybridized carbons (Fsp3) is 0.424. The van der Waals surface area contributed by atoms with E-state index >= 15 is 0 Å². The summed E-state index contributed by atoms with van der Waals surface area (Å²) in [5.41, 5.74) is 3.33. The Morgan fingerprint density at radius 2 is 1.49 bits per heavy atom. The van der Waals surface area contributed by atoms with E-state index in [0.29, 0.717) is 6.42 Å². The van der Waals surface area contributed by atoms with Crippen LogP contribution < -0.4 is 0 Å². The number of likely N-dealkylation sites (tertiary alicyclic amines) is 1. The standard InChI is InChI=1S/C33H42N2O2/c1-26(29-19-12-7-13-20-29)35(25-28-17-10-6-11-18-28)31(23-32(36)37-33(2,3)4)30-21-14-22-34(30)24-27-15-8-5-9-16-27/h5-13,15-20,26,30-31H,14,21-25H2,1-4H3/t26-,30-,31+/m1/s1. The van der Waals surface area contributed by atoms with Crippen LogP contribution in [-0.2, 0) is 22.6 Å². The van der Waals surface area contributed by atoms with Gasteiger partial charge in [-0.3, -0.25) is 14.6 Å². The molecule has 0 bridgehead atoms. The van der Waals surface area contributed by atoms with Gasteiger partial charge in [-0.1, -0.05) is 91.0 Å². The van der Waals surface area contributed by atoms with Crippen molar-refractivity contribution in [3.63, 3.8) is 0 Å². The Labute approximate surface area is 223 Å². The van der Waals surface area contributed by atoms with E-state index in [1.54, 1.807) is 0 Å². The molecule has 0 amide bonds. The van der Waals surface area contributed by atoms with Crippen LogP contribution in [0.2, 0.25) is 0 Å². The molecule has 4 nitrogen and oxygen atoms in total. The Balaban J connectivity index is 1.70. The van der Waals surface area contributed by atoms with Gasteiger partial charge in [0, 0.05) is 31.2 Å². The van der Waals surface area contributed by atoms with Gasteiger partial charge in [0.05, 0.1) is 6.42 Å². The molecule has 196 valence electrons. The second-order valence-corrected chi connectivity index (χ2v) is 11.3. The van der Waals surface area contributed by atoms with E-state index in [2.05, 4.69) is 108 Å². The van der Waals surface area contributed by atoms with Crippen LogP contribution >= 0.6 is 0 Å². The Bertz CT molecular complexity index is 1100. The maximum atomic E-state index is 13.3. The minimum absolute atomic E-state index is 0.0245. The van der Waals surface area contributed by atoms with E-state index in [1.807, 2.05) is 20.8 Å². The fourth-order valence-electron chi connectivity index (χ4n) is 5.59. The first-order valence-corrected chi connectivity index (χ1v) is 13.6. The first kappa shape index (κ1) is 27.1. The number of nitrogens with zero attached hydrogens (tertiary/aromatic N) is 2. The number of benzene rings is 3. The van der Waals surface area contributed by atoms with Crippen molar-refractivity contribution in [2.24, 2.45) is 0 Å². The van der Waals surface area contributed by atoms with Crippen LogP contribution in [0.5, 0.6) is 0 Å². The predicted octanol–water partition coefficient (Wildman–Crippen LogP) is 7.01. The molecule has 3 aromatic carbocycles. The minimum Gasteiger partial charge on any atom is -0.460 e. The number of rotatable bonds is 10. The monoisotopic (exact) mass is 498 g/mol. The van der Waals surface area contributed by atoms with E-state index in [0.717, 1.165) is 32.5 Å². The first-order chi connectivity index (χ1) is 17.8. The van der Waals surface area contributed by atoms with Gasteiger partial charge >= 0.3 is 5.97 Å². The fourth-order valence-corrected chi connectivity index (χ4v) is 5.59. The third-order valence-electron chi connectivity index (χ3n) is 7.30. The average molecular weight is 499 g/mol. The first-order valence-electron chi connectivity index (χ1n) is 13.6. The number of hydrogen-bond donors (Lipinski definition) is 0. The van der Waals surface area contributed by atoms with E-state index in [1.165, 1.54) is 16.7 Å². The lowest BCUT2D eigenvalue weighted by atomic mass is 9.95. The third kappa shape index (κ3) is 7.77. The van der Waals surface area contributed by atoms with Crippen molar-refractivity contribution >= 4 is 5.97 Å². The molecule has 0 unspecified atom stereocenters. The van der Waals surface area contributed by atoms with Crippen molar-refractivity contribution < 1.29 is 9.53 Å². The highest BCUT2D eigenvalue weighted by Crippen LogP contribution is 2.34. The maximum Gasteiger partial charge on any atom is 0.307 e. The van der Waals surface area contributed by atoms with Gasteiger partial charge in [-0.2, -0.15) is 0 Å². The zero-order valence-electron chi connectivity index (χ0n) is 22.8. The molecule has 1 aliphatic heterocycles. The summed E-state index contributed by atoms with van der Waals surface area (Å²) in [6.45, 7) is 10.8. The van der Waals surface area contributed by atoms with Crippen LogP contribution in [0.25, 0.3) is 0 Å². The molecule has 3 aromatic rings. The summed E-state index contributed by atoms with van der Waals surface area (Å²) in [5.74, 6) is -0.123. The number of carbonyl (C=O) groups excluding carboxylic acids is 1. The zero-order valence-corrected chi connectivity index (χ0v) is 22.8. The average Bonchev–Trinajstić information content (AvgIpc) is 3.34. The molecule has 1 saturated heterocycles. The highest BCUT2D eigenvalue weighted by Gasteiger charge is 2.39. The molecule has 1 heterocycles. The molecule has 1 aliphatic rings. The topological polar surface area (TPSA) is 32.8 Å². The minimum atomic E-state index is -0.504. The van der Waals surface area contributed by atoms with Crippen LogP contribution in [0.4, 0.5) is 0 Å². The molecule has 0 spiro atoms. The van der Waals surface area contributed by atoms with Crippen LogP contribution in [-0.4, -0.2) is 40.0 Å². The summed E-state index contributed by atoms with van der Waals surface area (Å²) in [4.78, 5) is 18.5. The predicted molar refractivity (Wildman–Crippen MR) is 151 cm³/mol. The molecule has 0 radical (unpaired) electrons. The molecule has 0 saturated carbocycles. The van der Waals surface area contributed by atoms with Crippen molar-refractivity contribution in [1.29, 1.82) is 0 Å². The number of ether oxygens (including phenoxy) is 1. The Morgan fingerprint density at radius 1 is 0.919 bits per heavy atom. The normalized spacial score (nSPS) is 18.0. The summed E-state index contributed by atoms with van der Waals surface area (Å²) in [7, 11) is 0. The van der Waals surface area contributed by atoms with Crippen molar-refractivity contribution in [3.05, 3.63) is 108 Å². The van der Waals surface area contributed by atoms with E-state index in [-0.39, 0.29) is 24.1 Å². The van der Waals surface area contributed by atoms with Gasteiger partial charge in [-0.15, -0.1) is 0 Å². The molecule has 1 fully saturated rings. The summed E-state index contributed by atoms with van der Waals surface area (Å²) in [5, 5.41) is 0. The Kier molecular flexibility index (Phi) is 9.18. The quantitative estimate of drug-likeness (QED) is 0.281. The lowest BCUT2D eigenvalue weighted by Gasteiger charge is -2.42. The van der Waals surface area contributed by atoms with Crippen molar-refractivity contribution in [2.45, 2.75) is 83.8 Å². The molecular weight excluding hydrogens is 456 g/mol. The molecule has 0 aromatic heterocycles. The third-order valence-corrected chi connectivity index (χ3v) is 7.30. The number of esters is 1. The van der Waals surface area contributed by atoms with Gasteiger partial charge < -0.3 is 4.74 Å². The smallest absolute Gasteiger partial charge is 0.307 e. The Morgan fingerprint density at radius 3 is 2.08 bits per heavy atom. The number of hydrogen-bond acceptors (Lipinski definition) is 4. The maximum absolute atomic E-state index is 13.3.